The molecule has 2 unspecified atom stereocenters. The number of primary amides is 1. The highest BCUT2D eigenvalue weighted by atomic mass is 16.1. The van der Waals surface area contributed by atoms with Crippen LogP contribution in [0.3, 0.4) is 0 Å². The smallest absolute Gasteiger partial charge is 0.217 e. The molecule has 1 heterocycles. The lowest BCUT2D eigenvalue weighted by molar-refractivity contribution is -0.118. The lowest BCUT2D eigenvalue weighted by atomic mass is 9.81. The van der Waals surface area contributed by atoms with Gasteiger partial charge in [0.05, 0.1) is 0 Å². The summed E-state index contributed by atoms with van der Waals surface area (Å²) in [7, 11) is 0. The number of rotatable bonds is 4. The third kappa shape index (κ3) is 2.52. The molecule has 0 spiro atoms. The Balaban J connectivity index is 1.80. The highest BCUT2D eigenvalue weighted by Gasteiger charge is 2.30. The van der Waals surface area contributed by atoms with Gasteiger partial charge in [-0.1, -0.05) is 12.8 Å². The van der Waals surface area contributed by atoms with Gasteiger partial charge in [-0.3, -0.25) is 4.79 Å². The number of nitrogens with two attached hydrogens (primary N) is 1. The van der Waals surface area contributed by atoms with Crippen LogP contribution in [0.25, 0.3) is 0 Å². The molecule has 1 amide bonds. The van der Waals surface area contributed by atoms with Crippen LogP contribution in [0.4, 0.5) is 0 Å². The SMILES string of the molecule is NC(=O)CCCC1=CNC2CCCCC12. The van der Waals surface area contributed by atoms with Crippen molar-refractivity contribution in [3.8, 4) is 0 Å². The number of fused-ring (bicyclic) bond motifs is 1. The second-order valence-electron chi connectivity index (χ2n) is 4.70. The van der Waals surface area contributed by atoms with Gasteiger partial charge in [0.25, 0.3) is 0 Å². The van der Waals surface area contributed by atoms with Crippen LogP contribution in [0.1, 0.15) is 44.9 Å². The molecule has 2 atom stereocenters. The Morgan fingerprint density at radius 2 is 2.27 bits per heavy atom. The van der Waals surface area contributed by atoms with E-state index in [-0.39, 0.29) is 5.91 Å². The number of carbonyl (C=O) groups is 1. The van der Waals surface area contributed by atoms with Gasteiger partial charge in [0, 0.05) is 18.4 Å². The highest BCUT2D eigenvalue weighted by Crippen LogP contribution is 2.35. The van der Waals surface area contributed by atoms with Crippen molar-refractivity contribution >= 4 is 5.91 Å². The van der Waals surface area contributed by atoms with E-state index in [0.29, 0.717) is 12.5 Å². The molecule has 1 aliphatic heterocycles. The van der Waals surface area contributed by atoms with Gasteiger partial charge in [-0.25, -0.2) is 0 Å². The summed E-state index contributed by atoms with van der Waals surface area (Å²) < 4.78 is 0. The van der Waals surface area contributed by atoms with E-state index in [1.54, 1.807) is 0 Å². The first-order valence-corrected chi connectivity index (χ1v) is 6.00. The second-order valence-corrected chi connectivity index (χ2v) is 4.70. The number of nitrogens with one attached hydrogen (secondary N) is 1. The summed E-state index contributed by atoms with van der Waals surface area (Å²) in [6, 6.07) is 0.683. The van der Waals surface area contributed by atoms with Gasteiger partial charge in [-0.15, -0.1) is 0 Å². The average Bonchev–Trinajstić information content (AvgIpc) is 2.62. The number of amides is 1. The first kappa shape index (κ1) is 10.5. The Kier molecular flexibility index (Phi) is 3.29. The van der Waals surface area contributed by atoms with Gasteiger partial charge in [0.2, 0.25) is 5.91 Å². The summed E-state index contributed by atoms with van der Waals surface area (Å²) in [5, 5.41) is 3.47. The van der Waals surface area contributed by atoms with Crippen molar-refractivity contribution in [1.29, 1.82) is 0 Å². The molecule has 3 nitrogen and oxygen atoms in total. The van der Waals surface area contributed by atoms with E-state index in [9.17, 15) is 4.79 Å². The minimum absolute atomic E-state index is 0.179. The molecular formula is C12H20N2O. The molecule has 1 aliphatic carbocycles. The van der Waals surface area contributed by atoms with Gasteiger partial charge in [0.1, 0.15) is 0 Å². The van der Waals surface area contributed by atoms with Crippen molar-refractivity contribution in [1.82, 2.24) is 5.32 Å². The molecule has 3 heteroatoms. The van der Waals surface area contributed by atoms with Crippen LogP contribution in [-0.4, -0.2) is 11.9 Å². The van der Waals surface area contributed by atoms with Crippen LogP contribution in [0.15, 0.2) is 11.8 Å². The Labute approximate surface area is 91.1 Å². The lowest BCUT2D eigenvalue weighted by Gasteiger charge is -2.27. The zero-order chi connectivity index (χ0) is 10.7. The van der Waals surface area contributed by atoms with Crippen LogP contribution in [-0.2, 0) is 4.79 Å². The van der Waals surface area contributed by atoms with E-state index in [0.717, 1.165) is 18.8 Å². The van der Waals surface area contributed by atoms with Crippen molar-refractivity contribution < 1.29 is 4.79 Å². The van der Waals surface area contributed by atoms with Crippen LogP contribution in [0.2, 0.25) is 0 Å². The fraction of sp³-hybridized carbons (Fsp3) is 0.750. The van der Waals surface area contributed by atoms with Crippen LogP contribution >= 0.6 is 0 Å². The molecule has 3 N–H and O–H groups in total. The van der Waals surface area contributed by atoms with Gasteiger partial charge in [-0.2, -0.15) is 0 Å². The summed E-state index contributed by atoms with van der Waals surface area (Å²) in [6.45, 7) is 0. The molecule has 0 bridgehead atoms. The predicted octanol–water partition coefficient (Wildman–Crippen LogP) is 1.69. The molecular weight excluding hydrogens is 188 g/mol. The number of carbonyl (C=O) groups excluding carboxylic acids is 1. The van der Waals surface area contributed by atoms with Gasteiger partial charge < -0.3 is 11.1 Å². The Hall–Kier alpha value is -0.990. The fourth-order valence-corrected chi connectivity index (χ4v) is 2.82. The van der Waals surface area contributed by atoms with E-state index < -0.39 is 0 Å². The summed E-state index contributed by atoms with van der Waals surface area (Å²) in [4.78, 5) is 10.6. The summed E-state index contributed by atoms with van der Waals surface area (Å²) in [6.07, 6.45) is 9.99. The molecule has 0 radical (unpaired) electrons. The molecule has 0 aromatic carbocycles. The van der Waals surface area contributed by atoms with Crippen molar-refractivity contribution in [2.24, 2.45) is 11.7 Å². The van der Waals surface area contributed by atoms with E-state index in [2.05, 4.69) is 11.5 Å². The molecule has 84 valence electrons. The predicted molar refractivity (Wildman–Crippen MR) is 60.0 cm³/mol. The zero-order valence-corrected chi connectivity index (χ0v) is 9.17. The normalized spacial score (nSPS) is 29.2. The van der Waals surface area contributed by atoms with Crippen molar-refractivity contribution in [2.75, 3.05) is 0 Å². The van der Waals surface area contributed by atoms with Gasteiger partial charge in [-0.05, 0) is 37.5 Å². The largest absolute Gasteiger partial charge is 0.388 e. The maximum absolute atomic E-state index is 10.6. The number of hydrogen-bond acceptors (Lipinski definition) is 2. The Bertz CT molecular complexity index is 273. The Morgan fingerprint density at radius 3 is 3.07 bits per heavy atom. The monoisotopic (exact) mass is 208 g/mol. The first-order valence-electron chi connectivity index (χ1n) is 6.00. The topological polar surface area (TPSA) is 55.1 Å². The van der Waals surface area contributed by atoms with Crippen LogP contribution in [0, 0.1) is 5.92 Å². The van der Waals surface area contributed by atoms with E-state index >= 15 is 0 Å². The van der Waals surface area contributed by atoms with Crippen molar-refractivity contribution in [3.05, 3.63) is 11.8 Å². The van der Waals surface area contributed by atoms with Crippen LogP contribution < -0.4 is 11.1 Å². The third-order valence-corrected chi connectivity index (χ3v) is 3.61. The maximum atomic E-state index is 10.6. The Morgan fingerprint density at radius 1 is 1.47 bits per heavy atom. The van der Waals surface area contributed by atoms with Gasteiger partial charge in [0.15, 0.2) is 0 Å². The third-order valence-electron chi connectivity index (χ3n) is 3.61. The quantitative estimate of drug-likeness (QED) is 0.738. The molecule has 2 aliphatic rings. The molecule has 1 saturated carbocycles. The molecule has 0 aromatic rings. The van der Waals surface area contributed by atoms with Gasteiger partial charge >= 0.3 is 0 Å². The van der Waals surface area contributed by atoms with Crippen LogP contribution in [0.5, 0.6) is 0 Å². The van der Waals surface area contributed by atoms with E-state index in [1.165, 1.54) is 31.3 Å². The molecule has 15 heavy (non-hydrogen) atoms. The molecule has 1 fully saturated rings. The minimum atomic E-state index is -0.179. The summed E-state index contributed by atoms with van der Waals surface area (Å²) >= 11 is 0. The average molecular weight is 208 g/mol. The lowest BCUT2D eigenvalue weighted by Crippen LogP contribution is -2.30. The maximum Gasteiger partial charge on any atom is 0.217 e. The first-order chi connectivity index (χ1) is 7.27. The molecule has 2 rings (SSSR count). The molecule has 0 saturated heterocycles. The van der Waals surface area contributed by atoms with E-state index in [1.807, 2.05) is 0 Å². The zero-order valence-electron chi connectivity index (χ0n) is 9.17. The standard InChI is InChI=1S/C12H20N2O/c13-12(15)7-3-4-9-8-14-11-6-2-1-5-10(9)11/h8,10-11,14H,1-7H2,(H2,13,15). The number of hydrogen-bond donors (Lipinski definition) is 2. The highest BCUT2D eigenvalue weighted by molar-refractivity contribution is 5.73. The second kappa shape index (κ2) is 4.69. The summed E-state index contributed by atoms with van der Waals surface area (Å²) in [5.74, 6) is 0.563. The fourth-order valence-electron chi connectivity index (χ4n) is 2.82. The van der Waals surface area contributed by atoms with Crippen molar-refractivity contribution in [3.63, 3.8) is 0 Å². The molecule has 0 aromatic heterocycles. The minimum Gasteiger partial charge on any atom is -0.388 e. The summed E-state index contributed by atoms with van der Waals surface area (Å²) in [5.41, 5.74) is 6.65. The van der Waals surface area contributed by atoms with E-state index in [4.69, 9.17) is 5.73 Å². The van der Waals surface area contributed by atoms with Crippen molar-refractivity contribution in [2.45, 2.75) is 51.0 Å².